The Labute approximate surface area is 121 Å². The highest BCUT2D eigenvalue weighted by Gasteiger charge is 2.19. The van der Waals surface area contributed by atoms with Gasteiger partial charge >= 0.3 is 5.97 Å². The third-order valence-electron chi connectivity index (χ3n) is 2.65. The molecule has 0 saturated carbocycles. The second-order valence-electron chi connectivity index (χ2n) is 3.93. The first-order valence-corrected chi connectivity index (χ1v) is 7.12. The lowest BCUT2D eigenvalue weighted by molar-refractivity contribution is -0.154. The van der Waals surface area contributed by atoms with E-state index in [-0.39, 0.29) is 11.8 Å². The fourth-order valence-electron chi connectivity index (χ4n) is 1.62. The van der Waals surface area contributed by atoms with Crippen molar-refractivity contribution in [3.63, 3.8) is 0 Å². The van der Waals surface area contributed by atoms with E-state index in [2.05, 4.69) is 15.9 Å². The second kappa shape index (κ2) is 8.07. The predicted molar refractivity (Wildman–Crippen MR) is 75.7 cm³/mol. The van der Waals surface area contributed by atoms with Crippen LogP contribution in [-0.2, 0) is 20.7 Å². The van der Waals surface area contributed by atoms with Crippen molar-refractivity contribution in [2.45, 2.75) is 19.4 Å². The van der Waals surface area contributed by atoms with Crippen molar-refractivity contribution in [2.75, 3.05) is 19.0 Å². The molecule has 0 heterocycles. The molecule has 1 aromatic carbocycles. The molecule has 0 amide bonds. The largest absolute Gasteiger partial charge is 0.464 e. The van der Waals surface area contributed by atoms with Gasteiger partial charge in [-0.2, -0.15) is 0 Å². The van der Waals surface area contributed by atoms with E-state index in [4.69, 9.17) is 9.47 Å². The highest BCUT2D eigenvalue weighted by Crippen LogP contribution is 2.11. The highest BCUT2D eigenvalue weighted by atomic mass is 79.9. The second-order valence-corrected chi connectivity index (χ2v) is 4.49. The van der Waals surface area contributed by atoms with E-state index >= 15 is 0 Å². The van der Waals surface area contributed by atoms with E-state index in [1.807, 2.05) is 12.1 Å². The average Bonchev–Trinajstić information content (AvgIpc) is 2.44. The molecule has 0 N–H and O–H groups in total. The van der Waals surface area contributed by atoms with Gasteiger partial charge in [0.15, 0.2) is 11.9 Å². The van der Waals surface area contributed by atoms with Crippen LogP contribution in [0.2, 0.25) is 0 Å². The summed E-state index contributed by atoms with van der Waals surface area (Å²) in [6.45, 7) is 2.09. The van der Waals surface area contributed by atoms with Crippen molar-refractivity contribution in [3.8, 4) is 0 Å². The van der Waals surface area contributed by atoms with Gasteiger partial charge in [0.25, 0.3) is 0 Å². The zero-order valence-corrected chi connectivity index (χ0v) is 12.6. The number of hydrogen-bond acceptors (Lipinski definition) is 4. The third kappa shape index (κ3) is 4.76. The van der Waals surface area contributed by atoms with E-state index in [1.54, 1.807) is 19.1 Å². The van der Waals surface area contributed by atoms with Gasteiger partial charge in [-0.05, 0) is 12.5 Å². The average molecular weight is 329 g/mol. The Kier molecular flexibility index (Phi) is 6.73. The van der Waals surface area contributed by atoms with Crippen LogP contribution in [0.5, 0.6) is 0 Å². The van der Waals surface area contributed by atoms with E-state index in [1.165, 1.54) is 7.11 Å². The van der Waals surface area contributed by atoms with Crippen LogP contribution >= 0.6 is 15.9 Å². The molecule has 104 valence electrons. The molecule has 0 aliphatic heterocycles. The number of alkyl halides is 1. The van der Waals surface area contributed by atoms with Crippen LogP contribution in [0.15, 0.2) is 24.3 Å². The van der Waals surface area contributed by atoms with Crippen LogP contribution < -0.4 is 0 Å². The van der Waals surface area contributed by atoms with Gasteiger partial charge in [-0.25, -0.2) is 4.79 Å². The smallest absolute Gasteiger partial charge is 0.335 e. The SMILES string of the molecule is CCOC(=O)[C@H](Cc1ccc(C(=O)CBr)cc1)OC. The molecule has 0 radical (unpaired) electrons. The van der Waals surface area contributed by atoms with Crippen molar-refractivity contribution in [3.05, 3.63) is 35.4 Å². The number of methoxy groups -OCH3 is 1. The lowest BCUT2D eigenvalue weighted by atomic mass is 10.0. The Morgan fingerprint density at radius 2 is 1.89 bits per heavy atom. The van der Waals surface area contributed by atoms with Crippen molar-refractivity contribution in [1.82, 2.24) is 0 Å². The van der Waals surface area contributed by atoms with Gasteiger partial charge in [-0.1, -0.05) is 40.2 Å². The lowest BCUT2D eigenvalue weighted by Gasteiger charge is -2.13. The molecule has 1 rings (SSSR count). The maximum Gasteiger partial charge on any atom is 0.335 e. The first-order chi connectivity index (χ1) is 9.12. The number of hydrogen-bond donors (Lipinski definition) is 0. The molecule has 0 bridgehead atoms. The predicted octanol–water partition coefficient (Wildman–Crippen LogP) is 2.38. The van der Waals surface area contributed by atoms with Gasteiger partial charge in [0, 0.05) is 19.1 Å². The van der Waals surface area contributed by atoms with Crippen LogP contribution in [0.4, 0.5) is 0 Å². The number of carbonyl (C=O) groups excluding carboxylic acids is 2. The summed E-state index contributed by atoms with van der Waals surface area (Å²) in [5.74, 6) is -0.342. The summed E-state index contributed by atoms with van der Waals surface area (Å²) in [5.41, 5.74) is 1.57. The molecule has 4 nitrogen and oxygen atoms in total. The van der Waals surface area contributed by atoms with Crippen molar-refractivity contribution in [1.29, 1.82) is 0 Å². The van der Waals surface area contributed by atoms with Crippen molar-refractivity contribution < 1.29 is 19.1 Å². The van der Waals surface area contributed by atoms with Crippen LogP contribution in [0, 0.1) is 0 Å². The molecule has 0 spiro atoms. The summed E-state index contributed by atoms with van der Waals surface area (Å²) >= 11 is 3.13. The number of halogens is 1. The maximum atomic E-state index is 11.6. The quantitative estimate of drug-likeness (QED) is 0.438. The first-order valence-electron chi connectivity index (χ1n) is 5.99. The summed E-state index contributed by atoms with van der Waals surface area (Å²) < 4.78 is 10.0. The normalized spacial score (nSPS) is 11.9. The summed E-state index contributed by atoms with van der Waals surface area (Å²) in [4.78, 5) is 23.0. The van der Waals surface area contributed by atoms with Gasteiger partial charge in [-0.3, -0.25) is 4.79 Å². The topological polar surface area (TPSA) is 52.6 Å². The van der Waals surface area contributed by atoms with Gasteiger partial charge in [0.2, 0.25) is 0 Å². The monoisotopic (exact) mass is 328 g/mol. The summed E-state index contributed by atoms with van der Waals surface area (Å²) in [7, 11) is 1.48. The third-order valence-corrected chi connectivity index (χ3v) is 3.16. The van der Waals surface area contributed by atoms with Gasteiger partial charge < -0.3 is 9.47 Å². The minimum Gasteiger partial charge on any atom is -0.464 e. The van der Waals surface area contributed by atoms with E-state index in [0.717, 1.165) is 5.56 Å². The van der Waals surface area contributed by atoms with Crippen LogP contribution in [0.3, 0.4) is 0 Å². The molecule has 0 saturated heterocycles. The molecule has 1 atom stereocenters. The highest BCUT2D eigenvalue weighted by molar-refractivity contribution is 9.09. The van der Waals surface area contributed by atoms with Gasteiger partial charge in [-0.15, -0.1) is 0 Å². The summed E-state index contributed by atoms with van der Waals surface area (Å²) in [6.07, 6.45) is -0.185. The Morgan fingerprint density at radius 1 is 1.26 bits per heavy atom. The molecule has 0 aromatic heterocycles. The van der Waals surface area contributed by atoms with Crippen molar-refractivity contribution >= 4 is 27.7 Å². The zero-order chi connectivity index (χ0) is 14.3. The Balaban J connectivity index is 2.70. The lowest BCUT2D eigenvalue weighted by Crippen LogP contribution is -2.27. The number of Topliss-reactive ketones (excluding diaryl/α,β-unsaturated/α-hetero) is 1. The van der Waals surface area contributed by atoms with Crippen LogP contribution in [-0.4, -0.2) is 36.9 Å². The minimum atomic E-state index is -0.613. The van der Waals surface area contributed by atoms with Crippen LogP contribution in [0.1, 0.15) is 22.8 Å². The van der Waals surface area contributed by atoms with E-state index < -0.39 is 6.10 Å². The molecular weight excluding hydrogens is 312 g/mol. The molecular formula is C14H17BrO4. The summed E-state index contributed by atoms with van der Waals surface area (Å²) in [5, 5.41) is 0.301. The fraction of sp³-hybridized carbons (Fsp3) is 0.429. The van der Waals surface area contributed by atoms with E-state index in [9.17, 15) is 9.59 Å². The number of rotatable bonds is 7. The molecule has 0 unspecified atom stereocenters. The number of benzene rings is 1. The van der Waals surface area contributed by atoms with Gasteiger partial charge in [0.1, 0.15) is 0 Å². The Hall–Kier alpha value is -1.20. The number of ketones is 1. The van der Waals surface area contributed by atoms with Crippen molar-refractivity contribution in [2.24, 2.45) is 0 Å². The maximum absolute atomic E-state index is 11.6. The molecule has 0 aliphatic carbocycles. The standard InChI is InChI=1S/C14H17BrO4/c1-3-19-14(17)13(18-2)8-10-4-6-11(7-5-10)12(16)9-15/h4-7,13H,3,8-9H2,1-2H3/t13-/m0/s1. The Bertz CT molecular complexity index is 428. The molecule has 5 heteroatoms. The fourth-order valence-corrected chi connectivity index (χ4v) is 1.94. The molecule has 19 heavy (non-hydrogen) atoms. The number of ether oxygens (including phenoxy) is 2. The summed E-state index contributed by atoms with van der Waals surface area (Å²) in [6, 6.07) is 7.13. The number of carbonyl (C=O) groups is 2. The minimum absolute atomic E-state index is 0.0280. The van der Waals surface area contributed by atoms with Gasteiger partial charge in [0.05, 0.1) is 11.9 Å². The Morgan fingerprint density at radius 3 is 2.37 bits per heavy atom. The van der Waals surface area contributed by atoms with E-state index in [0.29, 0.717) is 23.9 Å². The zero-order valence-electron chi connectivity index (χ0n) is 11.0. The molecule has 0 fully saturated rings. The number of esters is 1. The van der Waals surface area contributed by atoms with Crippen LogP contribution in [0.25, 0.3) is 0 Å². The molecule has 0 aliphatic rings. The molecule has 1 aromatic rings. The first kappa shape index (κ1) is 15.9.